The number of hydrogen-bond acceptors (Lipinski definition) is 5. The molecular formula is C79H148FN4O10Pt2S2-. The Morgan fingerprint density at radius 1 is 0.571 bits per heavy atom. The first-order valence-corrected chi connectivity index (χ1v) is 40.6. The first-order valence-electron chi connectivity index (χ1n) is 38.3. The third-order valence-corrected chi connectivity index (χ3v) is 29.0. The van der Waals surface area contributed by atoms with E-state index in [4.69, 9.17) is 44.0 Å². The van der Waals surface area contributed by atoms with E-state index in [1.165, 1.54) is 141 Å². The fraction of sp³-hybridized carbons (Fsp3) is 0.924. The van der Waals surface area contributed by atoms with E-state index >= 15 is 0 Å². The van der Waals surface area contributed by atoms with Gasteiger partial charge in [0.1, 0.15) is 5.75 Å². The molecule has 0 aromatic heterocycles. The fourth-order valence-corrected chi connectivity index (χ4v) is 23.0. The predicted molar refractivity (Wildman–Crippen MR) is 404 cm³/mol. The van der Waals surface area contributed by atoms with E-state index in [1.807, 2.05) is 0 Å². The van der Waals surface area contributed by atoms with Gasteiger partial charge in [-0.15, -0.1) is 0 Å². The maximum atomic E-state index is 11.8. The van der Waals surface area contributed by atoms with E-state index in [1.54, 1.807) is 11.1 Å². The van der Waals surface area contributed by atoms with Gasteiger partial charge < -0.3 is 53.6 Å². The summed E-state index contributed by atoms with van der Waals surface area (Å²) in [5.74, 6) is 9.08. The summed E-state index contributed by atoms with van der Waals surface area (Å²) in [6, 6.07) is -0.319. The molecule has 0 radical (unpaired) electrons. The summed E-state index contributed by atoms with van der Waals surface area (Å²) >= 11 is 0. The van der Waals surface area contributed by atoms with E-state index in [9.17, 15) is 22.4 Å². The molecule has 11 N–H and O–H groups in total. The first-order chi connectivity index (χ1) is 44.1. The third-order valence-electron chi connectivity index (χ3n) is 26.4. The molecule has 19 heteroatoms. The molecule has 0 aromatic rings. The van der Waals surface area contributed by atoms with E-state index in [2.05, 4.69) is 81.4 Å². The van der Waals surface area contributed by atoms with E-state index in [-0.39, 0.29) is 116 Å². The number of hydrogen-bond donors (Lipinski definition) is 2. The molecule has 98 heavy (non-hydrogen) atoms. The smallest absolute Gasteiger partial charge is 0.676 e. The van der Waals surface area contributed by atoms with Crippen molar-refractivity contribution in [1.29, 1.82) is 0 Å². The topological polar surface area (TPSA) is 290 Å². The van der Waals surface area contributed by atoms with Crippen LogP contribution < -0.4 is 0 Å². The number of rotatable bonds is 24. The number of nitrogens with one attached hydrogen (secondary N) is 4. The van der Waals surface area contributed by atoms with Crippen LogP contribution in [0, 0.1) is 92.7 Å². The molecule has 0 spiro atoms. The van der Waals surface area contributed by atoms with Crippen LogP contribution in [-0.4, -0.2) is 121 Å². The molecule has 584 valence electrons. The normalized spacial score (nSPS) is 36.0. The number of aliphatic carboxylic acids is 2. The van der Waals surface area contributed by atoms with Gasteiger partial charge in [-0.25, -0.2) is 0 Å². The number of halogens is 1. The van der Waals surface area contributed by atoms with Crippen LogP contribution in [0.25, 0.3) is 22.9 Å². The molecule has 0 aromatic carbocycles. The van der Waals surface area contributed by atoms with Crippen LogP contribution in [0.15, 0.2) is 23.3 Å². The van der Waals surface area contributed by atoms with Crippen LogP contribution in [-0.2, 0) is 82.8 Å². The Hall–Kier alpha value is -0.293. The molecule has 22 atom stereocenters. The van der Waals surface area contributed by atoms with Gasteiger partial charge in [-0.1, -0.05) is 197 Å². The van der Waals surface area contributed by atoms with E-state index in [0.29, 0.717) is 52.8 Å². The average Bonchev–Trinajstić information content (AvgIpc) is 1.71. The minimum Gasteiger partial charge on any atom is -0.676 e. The van der Waals surface area contributed by atoms with Gasteiger partial charge in [-0.3, -0.25) is 22.4 Å². The van der Waals surface area contributed by atoms with Gasteiger partial charge in [0, 0.05) is 50.8 Å². The molecule has 0 bridgehead atoms. The zero-order chi connectivity index (χ0) is 68.3. The standard InChI is InChI=1S/2C32H54O4S.2C6H12N2.CH3F.2CH4.2H2O.2Pt/c2*1-22(2)8-6-9-23(3)27-12-13-28-26-11-10-24-20-25(36-18-7-19-37(35)21-30(33)34)14-16-31(24,4)29(26)15-17-32(27,28)5;2*7-5-3-1-2-4-6(5)8;1-2;;;;;;/h2*10,22-23,25-29H,6-9,11-21H2,1-5H3,(H,33,34);2*5-8H,1-4H2;1H3;2*1H4;2*1H2;;/q;;2*-2;;;;;;;+2/p+1/t2*23-,25+,26?,27-,28?,29?,31+,32-,37?;;;;;;;;;/m11........./s1/i;;;;1D;;;;;;. The quantitative estimate of drug-likeness (QED) is 0.0534. The molecule has 0 amide bonds. The number of alkyl halides is 1. The Labute approximate surface area is 633 Å². The molecule has 10 rings (SSSR count). The molecule has 0 heterocycles. The molecule has 8 saturated carbocycles. The summed E-state index contributed by atoms with van der Waals surface area (Å²) in [6.45, 7) is 26.3. The minimum atomic E-state index is -1.28. The fourth-order valence-electron chi connectivity index (χ4n) is 21.2. The summed E-state index contributed by atoms with van der Waals surface area (Å²) in [4.78, 5) is 21.5. The molecule has 0 saturated heterocycles. The monoisotopic (exact) mass is 1790 g/mol. The molecule has 14 nitrogen and oxygen atoms in total. The van der Waals surface area contributed by atoms with Gasteiger partial charge in [0.2, 0.25) is 0 Å². The zero-order valence-electron chi connectivity index (χ0n) is 62.3. The Morgan fingerprint density at radius 2 is 0.929 bits per heavy atom. The van der Waals surface area contributed by atoms with Gasteiger partial charge in [0.15, 0.2) is 16.6 Å². The predicted octanol–water partition coefficient (Wildman–Crippen LogP) is 20.4. The van der Waals surface area contributed by atoms with Crippen molar-refractivity contribution in [2.45, 2.75) is 326 Å². The van der Waals surface area contributed by atoms with Crippen molar-refractivity contribution in [2.24, 2.45) is 92.7 Å². The number of fused-ring (bicyclic) bond motifs is 10. The second kappa shape index (κ2) is 46.7. The number of allylic oxidation sites excluding steroid dienone is 2. The van der Waals surface area contributed by atoms with Crippen molar-refractivity contribution < 1.29 is 96.5 Å². The zero-order valence-corrected chi connectivity index (χ0v) is 67.5. The maximum Gasteiger partial charge on any atom is 2.00 e. The van der Waals surface area contributed by atoms with Gasteiger partial charge in [-0.05, 0) is 208 Å². The van der Waals surface area contributed by atoms with Crippen LogP contribution in [0.2, 0.25) is 0 Å². The van der Waals surface area contributed by atoms with Crippen LogP contribution in [0.4, 0.5) is 4.39 Å². The second-order valence-electron chi connectivity index (χ2n) is 33.1. The number of carbonyl (C=O) groups is 2. The number of ether oxygens (including phenoxy) is 2. The van der Waals surface area contributed by atoms with E-state index in [0.717, 1.165) is 129 Å². The van der Waals surface area contributed by atoms with Crippen molar-refractivity contribution in [3.63, 3.8) is 0 Å². The van der Waals surface area contributed by atoms with Crippen molar-refractivity contribution in [3.05, 3.63) is 46.2 Å². The van der Waals surface area contributed by atoms with Crippen LogP contribution in [0.5, 0.6) is 0 Å². The van der Waals surface area contributed by atoms with Crippen molar-refractivity contribution in [2.75, 3.05) is 43.4 Å². The first kappa shape index (κ1) is 95.7. The molecular weight excluding hydrogens is 1640 g/mol. The molecule has 0 aliphatic heterocycles. The number of carboxylic acid groups (broad SMARTS) is 2. The largest absolute Gasteiger partial charge is 2.00 e. The summed E-state index contributed by atoms with van der Waals surface area (Å²) in [5.41, 5.74) is 34.3. The number of carboxylic acids is 2. The van der Waals surface area contributed by atoms with Crippen molar-refractivity contribution in [3.8, 4) is 0 Å². The van der Waals surface area contributed by atoms with Gasteiger partial charge >= 0.3 is 33.0 Å². The summed E-state index contributed by atoms with van der Waals surface area (Å²) in [5, 5.41) is 17.6. The molecule has 10 aliphatic carbocycles. The second-order valence-corrected chi connectivity index (χ2v) is 36.3. The summed E-state index contributed by atoms with van der Waals surface area (Å²) in [7, 11) is -3.31. The van der Waals surface area contributed by atoms with Crippen LogP contribution in [0.1, 0.15) is 291 Å². The Bertz CT molecular complexity index is 2230. The Morgan fingerprint density at radius 3 is 1.27 bits per heavy atom. The van der Waals surface area contributed by atoms with Crippen molar-refractivity contribution >= 4 is 33.5 Å². The van der Waals surface area contributed by atoms with Crippen molar-refractivity contribution in [1.82, 2.24) is 0 Å². The summed E-state index contributed by atoms with van der Waals surface area (Å²) < 4.78 is 49.6. The average molecular weight is 1790 g/mol. The minimum absolute atomic E-state index is 0. The van der Waals surface area contributed by atoms with Gasteiger partial charge in [-0.2, -0.15) is 24.2 Å². The van der Waals surface area contributed by atoms with Gasteiger partial charge in [0.05, 0.1) is 26.5 Å². The van der Waals surface area contributed by atoms with Gasteiger partial charge in [0.25, 0.3) is 0 Å². The molecule has 12 unspecified atom stereocenters. The maximum absolute atomic E-state index is 11.8. The van der Waals surface area contributed by atoms with E-state index < -0.39 is 40.7 Å². The van der Waals surface area contributed by atoms with Crippen LogP contribution >= 0.6 is 0 Å². The summed E-state index contributed by atoms with van der Waals surface area (Å²) in [6.07, 6.45) is 45.0. The third kappa shape index (κ3) is 26.6. The van der Waals surface area contributed by atoms with Crippen LogP contribution in [0.3, 0.4) is 0 Å². The molecule has 10 aliphatic rings. The Kier molecular flexibility index (Phi) is 45.6. The molecule has 8 fully saturated rings. The Balaban J connectivity index is 0.00000146. The SMILES string of the molecule is C.C.CC(C)CCC[C@@H](C)[C@H]1CCC2C3CC=C4C[C@@H](OCCCS(=O)CC(=O)O)CC[C@]4(C)C3CC[C@@]21C.CC(C)CCC[C@@H](C)[C@H]1CCC2C3CC=C4C[C@@H](OCCCS(=[OH+])CC(=O)O)CC[C@]4(C)C3CC[C@@]21C.O.O.[2H]CF.[NH-]C1CCCCC1[NH-].[NH-]C1CCCCC1[NH-].[Pt+2].[Pt].